The standard InChI is InChI=1S/C18H21N3O2/c1-13(2)20-18(23)14-8-10-16(11-9-14)21-17(22)12-19-15-6-4-3-5-7-15/h3-11,13,19H,12H2,1-2H3,(H,20,23)(H,21,22). The van der Waals surface area contributed by atoms with Gasteiger partial charge in [0.15, 0.2) is 0 Å². The first-order chi connectivity index (χ1) is 11.0. The molecule has 2 aromatic carbocycles. The van der Waals surface area contributed by atoms with Crippen LogP contribution in [0.15, 0.2) is 54.6 Å². The molecule has 120 valence electrons. The summed E-state index contributed by atoms with van der Waals surface area (Å²) < 4.78 is 0. The Morgan fingerprint density at radius 3 is 2.17 bits per heavy atom. The van der Waals surface area contributed by atoms with Gasteiger partial charge in [-0.05, 0) is 50.2 Å². The molecule has 2 aromatic rings. The van der Waals surface area contributed by atoms with E-state index in [1.165, 1.54) is 0 Å². The molecule has 5 nitrogen and oxygen atoms in total. The van der Waals surface area contributed by atoms with E-state index in [-0.39, 0.29) is 24.4 Å². The van der Waals surface area contributed by atoms with E-state index >= 15 is 0 Å². The van der Waals surface area contributed by atoms with Gasteiger partial charge in [0, 0.05) is 23.0 Å². The lowest BCUT2D eigenvalue weighted by Gasteiger charge is -2.10. The third kappa shape index (κ3) is 5.47. The molecule has 0 atom stereocenters. The van der Waals surface area contributed by atoms with Crippen LogP contribution in [0.5, 0.6) is 0 Å². The Bertz CT molecular complexity index is 652. The molecule has 0 aliphatic carbocycles. The number of carbonyl (C=O) groups excluding carboxylic acids is 2. The third-order valence-corrected chi connectivity index (χ3v) is 3.08. The van der Waals surface area contributed by atoms with E-state index in [0.29, 0.717) is 11.3 Å². The maximum atomic E-state index is 11.9. The molecule has 2 amide bonds. The van der Waals surface area contributed by atoms with Crippen LogP contribution in [0, 0.1) is 0 Å². The largest absolute Gasteiger partial charge is 0.376 e. The average Bonchev–Trinajstić information content (AvgIpc) is 2.54. The van der Waals surface area contributed by atoms with Gasteiger partial charge in [0.05, 0.1) is 6.54 Å². The Kier molecular flexibility index (Phi) is 5.74. The summed E-state index contributed by atoms with van der Waals surface area (Å²) >= 11 is 0. The summed E-state index contributed by atoms with van der Waals surface area (Å²) in [6.07, 6.45) is 0. The number of anilines is 2. The molecule has 0 aliphatic heterocycles. The van der Waals surface area contributed by atoms with Crippen LogP contribution in [-0.4, -0.2) is 24.4 Å². The molecule has 0 heterocycles. The Labute approximate surface area is 136 Å². The third-order valence-electron chi connectivity index (χ3n) is 3.08. The summed E-state index contributed by atoms with van der Waals surface area (Å²) in [5.74, 6) is -0.267. The molecule has 0 radical (unpaired) electrons. The highest BCUT2D eigenvalue weighted by Crippen LogP contribution is 2.10. The molecule has 0 aromatic heterocycles. The van der Waals surface area contributed by atoms with E-state index in [0.717, 1.165) is 5.69 Å². The zero-order chi connectivity index (χ0) is 16.7. The van der Waals surface area contributed by atoms with Crippen molar-refractivity contribution in [3.8, 4) is 0 Å². The van der Waals surface area contributed by atoms with Crippen LogP contribution in [0.1, 0.15) is 24.2 Å². The van der Waals surface area contributed by atoms with Gasteiger partial charge in [0.25, 0.3) is 5.91 Å². The zero-order valence-corrected chi connectivity index (χ0v) is 13.3. The van der Waals surface area contributed by atoms with Crippen LogP contribution >= 0.6 is 0 Å². The van der Waals surface area contributed by atoms with Gasteiger partial charge in [-0.1, -0.05) is 18.2 Å². The fourth-order valence-corrected chi connectivity index (χ4v) is 1.99. The van der Waals surface area contributed by atoms with Crippen molar-refractivity contribution in [3.05, 3.63) is 60.2 Å². The minimum atomic E-state index is -0.145. The molecule has 0 aliphatic rings. The predicted molar refractivity (Wildman–Crippen MR) is 92.6 cm³/mol. The maximum Gasteiger partial charge on any atom is 0.251 e. The van der Waals surface area contributed by atoms with Crippen LogP contribution in [0.25, 0.3) is 0 Å². The number of hydrogen-bond acceptors (Lipinski definition) is 3. The first kappa shape index (κ1) is 16.5. The molecule has 0 saturated carbocycles. The minimum absolute atomic E-state index is 0.0888. The van der Waals surface area contributed by atoms with Crippen LogP contribution in [-0.2, 0) is 4.79 Å². The number of nitrogens with one attached hydrogen (secondary N) is 3. The van der Waals surface area contributed by atoms with Crippen molar-refractivity contribution in [2.75, 3.05) is 17.2 Å². The molecule has 0 bridgehead atoms. The average molecular weight is 311 g/mol. The number of rotatable bonds is 6. The number of hydrogen-bond donors (Lipinski definition) is 3. The SMILES string of the molecule is CC(C)NC(=O)c1ccc(NC(=O)CNc2ccccc2)cc1. The van der Waals surface area contributed by atoms with Crippen molar-refractivity contribution in [1.29, 1.82) is 0 Å². The van der Waals surface area contributed by atoms with E-state index in [4.69, 9.17) is 0 Å². The minimum Gasteiger partial charge on any atom is -0.376 e. The maximum absolute atomic E-state index is 11.9. The molecule has 0 fully saturated rings. The van der Waals surface area contributed by atoms with Gasteiger partial charge < -0.3 is 16.0 Å². The fourth-order valence-electron chi connectivity index (χ4n) is 1.99. The topological polar surface area (TPSA) is 70.2 Å². The van der Waals surface area contributed by atoms with Gasteiger partial charge in [0.2, 0.25) is 5.91 Å². The quantitative estimate of drug-likeness (QED) is 0.768. The molecule has 3 N–H and O–H groups in total. The van der Waals surface area contributed by atoms with E-state index in [9.17, 15) is 9.59 Å². The summed E-state index contributed by atoms with van der Waals surface area (Å²) in [5.41, 5.74) is 2.12. The van der Waals surface area contributed by atoms with Crippen molar-refractivity contribution in [1.82, 2.24) is 5.32 Å². The van der Waals surface area contributed by atoms with E-state index in [1.54, 1.807) is 24.3 Å². The first-order valence-corrected chi connectivity index (χ1v) is 7.54. The van der Waals surface area contributed by atoms with Crippen LogP contribution < -0.4 is 16.0 Å². The highest BCUT2D eigenvalue weighted by molar-refractivity contribution is 5.96. The molecule has 0 saturated heterocycles. The van der Waals surface area contributed by atoms with Crippen LogP contribution in [0.3, 0.4) is 0 Å². The lowest BCUT2D eigenvalue weighted by molar-refractivity contribution is -0.114. The summed E-state index contributed by atoms with van der Waals surface area (Å²) in [7, 11) is 0. The van der Waals surface area contributed by atoms with E-state index in [2.05, 4.69) is 16.0 Å². The van der Waals surface area contributed by atoms with Crippen molar-refractivity contribution in [2.45, 2.75) is 19.9 Å². The molecule has 5 heteroatoms. The van der Waals surface area contributed by atoms with Gasteiger partial charge in [0.1, 0.15) is 0 Å². The van der Waals surface area contributed by atoms with Gasteiger partial charge in [-0.2, -0.15) is 0 Å². The lowest BCUT2D eigenvalue weighted by Crippen LogP contribution is -2.30. The Hall–Kier alpha value is -2.82. The van der Waals surface area contributed by atoms with Crippen molar-refractivity contribution in [3.63, 3.8) is 0 Å². The Morgan fingerprint density at radius 1 is 0.913 bits per heavy atom. The van der Waals surface area contributed by atoms with Crippen molar-refractivity contribution in [2.24, 2.45) is 0 Å². The summed E-state index contributed by atoms with van der Waals surface area (Å²) in [6, 6.07) is 16.4. The fraction of sp³-hybridized carbons (Fsp3) is 0.222. The number of amides is 2. The monoisotopic (exact) mass is 311 g/mol. The molecule has 0 unspecified atom stereocenters. The lowest BCUT2D eigenvalue weighted by atomic mass is 10.2. The van der Waals surface area contributed by atoms with Gasteiger partial charge in [-0.3, -0.25) is 9.59 Å². The Morgan fingerprint density at radius 2 is 1.57 bits per heavy atom. The van der Waals surface area contributed by atoms with Crippen molar-refractivity contribution >= 4 is 23.2 Å². The molecule has 0 spiro atoms. The predicted octanol–water partition coefficient (Wildman–Crippen LogP) is 2.88. The summed E-state index contributed by atoms with van der Waals surface area (Å²) in [6.45, 7) is 4.00. The summed E-state index contributed by atoms with van der Waals surface area (Å²) in [4.78, 5) is 23.7. The Balaban J connectivity index is 1.85. The van der Waals surface area contributed by atoms with Gasteiger partial charge >= 0.3 is 0 Å². The molecular formula is C18H21N3O2. The normalized spacial score (nSPS) is 10.2. The van der Waals surface area contributed by atoms with Gasteiger partial charge in [-0.25, -0.2) is 0 Å². The number of benzene rings is 2. The second kappa shape index (κ2) is 7.98. The van der Waals surface area contributed by atoms with E-state index in [1.807, 2.05) is 44.2 Å². The van der Waals surface area contributed by atoms with E-state index < -0.39 is 0 Å². The van der Waals surface area contributed by atoms with Crippen molar-refractivity contribution < 1.29 is 9.59 Å². The first-order valence-electron chi connectivity index (χ1n) is 7.54. The number of para-hydroxylation sites is 1. The zero-order valence-electron chi connectivity index (χ0n) is 13.3. The number of carbonyl (C=O) groups is 2. The molecule has 2 rings (SSSR count). The smallest absolute Gasteiger partial charge is 0.251 e. The second-order valence-electron chi connectivity index (χ2n) is 5.47. The molecular weight excluding hydrogens is 290 g/mol. The van der Waals surface area contributed by atoms with Gasteiger partial charge in [-0.15, -0.1) is 0 Å². The second-order valence-corrected chi connectivity index (χ2v) is 5.47. The highest BCUT2D eigenvalue weighted by atomic mass is 16.2. The molecule has 23 heavy (non-hydrogen) atoms. The highest BCUT2D eigenvalue weighted by Gasteiger charge is 2.07. The summed E-state index contributed by atoms with van der Waals surface area (Å²) in [5, 5.41) is 8.65. The van der Waals surface area contributed by atoms with Crippen LogP contribution in [0.2, 0.25) is 0 Å². The van der Waals surface area contributed by atoms with Crippen LogP contribution in [0.4, 0.5) is 11.4 Å².